The van der Waals surface area contributed by atoms with Crippen LogP contribution in [0.2, 0.25) is 0 Å². The number of anilines is 2. The highest BCUT2D eigenvalue weighted by molar-refractivity contribution is 5.83. The number of amides is 1. The zero-order valence-corrected chi connectivity index (χ0v) is 12.4. The molecule has 2 N–H and O–H groups in total. The van der Waals surface area contributed by atoms with Gasteiger partial charge in [0.2, 0.25) is 5.91 Å². The van der Waals surface area contributed by atoms with Crippen LogP contribution in [0.3, 0.4) is 0 Å². The number of benzene rings is 1. The molecule has 0 saturated carbocycles. The van der Waals surface area contributed by atoms with Crippen molar-refractivity contribution in [3.8, 4) is 0 Å². The molecule has 0 heterocycles. The minimum absolute atomic E-state index is 0.117. The summed E-state index contributed by atoms with van der Waals surface area (Å²) < 4.78 is 0. The van der Waals surface area contributed by atoms with Gasteiger partial charge in [0.15, 0.2) is 0 Å². The number of hydrogen-bond donors (Lipinski definition) is 1. The predicted octanol–water partition coefficient (Wildman–Crippen LogP) is 2.35. The number of para-hydroxylation sites is 2. The Balaban J connectivity index is 2.85. The van der Waals surface area contributed by atoms with Crippen LogP contribution in [0.5, 0.6) is 0 Å². The second kappa shape index (κ2) is 7.02. The highest BCUT2D eigenvalue weighted by Gasteiger charge is 2.17. The Labute approximate surface area is 116 Å². The van der Waals surface area contributed by atoms with Crippen LogP contribution in [0.4, 0.5) is 11.4 Å². The molecule has 0 aromatic heterocycles. The van der Waals surface area contributed by atoms with Gasteiger partial charge < -0.3 is 15.5 Å². The zero-order chi connectivity index (χ0) is 14.4. The minimum atomic E-state index is 0.117. The lowest BCUT2D eigenvalue weighted by Gasteiger charge is -2.29. The second-order valence-corrected chi connectivity index (χ2v) is 5.08. The van der Waals surface area contributed by atoms with Crippen molar-refractivity contribution in [1.29, 1.82) is 0 Å². The highest BCUT2D eigenvalue weighted by Crippen LogP contribution is 2.22. The second-order valence-electron chi connectivity index (χ2n) is 5.08. The third kappa shape index (κ3) is 4.16. The van der Waals surface area contributed by atoms with Crippen molar-refractivity contribution in [2.24, 2.45) is 0 Å². The summed E-state index contributed by atoms with van der Waals surface area (Å²) in [4.78, 5) is 16.0. The molecule has 0 fully saturated rings. The Hall–Kier alpha value is -1.71. The smallest absolute Gasteiger partial charge is 0.242 e. The van der Waals surface area contributed by atoms with E-state index in [2.05, 4.69) is 11.8 Å². The van der Waals surface area contributed by atoms with E-state index in [1.807, 2.05) is 45.2 Å². The van der Waals surface area contributed by atoms with Gasteiger partial charge in [0.05, 0.1) is 17.9 Å². The fourth-order valence-electron chi connectivity index (χ4n) is 1.89. The van der Waals surface area contributed by atoms with E-state index in [-0.39, 0.29) is 11.9 Å². The van der Waals surface area contributed by atoms with Crippen LogP contribution in [0, 0.1) is 0 Å². The molecule has 0 atom stereocenters. The summed E-state index contributed by atoms with van der Waals surface area (Å²) >= 11 is 0. The van der Waals surface area contributed by atoms with Gasteiger partial charge >= 0.3 is 0 Å². The van der Waals surface area contributed by atoms with Crippen molar-refractivity contribution in [1.82, 2.24) is 4.90 Å². The average Bonchev–Trinajstić information content (AvgIpc) is 2.37. The van der Waals surface area contributed by atoms with E-state index >= 15 is 0 Å². The largest absolute Gasteiger partial charge is 0.397 e. The van der Waals surface area contributed by atoms with Gasteiger partial charge in [-0.05, 0) is 32.4 Å². The van der Waals surface area contributed by atoms with E-state index in [1.165, 1.54) is 0 Å². The number of nitrogens with two attached hydrogens (primary N) is 1. The van der Waals surface area contributed by atoms with Gasteiger partial charge in [-0.25, -0.2) is 0 Å². The normalized spacial score (nSPS) is 10.6. The molecule has 0 aliphatic carbocycles. The van der Waals surface area contributed by atoms with Crippen molar-refractivity contribution in [2.75, 3.05) is 30.8 Å². The maximum absolute atomic E-state index is 12.2. The van der Waals surface area contributed by atoms with Crippen molar-refractivity contribution in [2.45, 2.75) is 33.2 Å². The summed E-state index contributed by atoms with van der Waals surface area (Å²) in [7, 11) is 1.84. The molecule has 1 aromatic rings. The molecule has 4 nitrogen and oxygen atoms in total. The van der Waals surface area contributed by atoms with Gasteiger partial charge in [0, 0.05) is 19.6 Å². The van der Waals surface area contributed by atoms with E-state index in [1.54, 1.807) is 4.90 Å². The van der Waals surface area contributed by atoms with E-state index in [0.29, 0.717) is 6.54 Å². The van der Waals surface area contributed by atoms with E-state index in [4.69, 9.17) is 5.73 Å². The summed E-state index contributed by atoms with van der Waals surface area (Å²) in [5, 5.41) is 0. The monoisotopic (exact) mass is 263 g/mol. The molecule has 0 spiro atoms. The van der Waals surface area contributed by atoms with Crippen LogP contribution in [0.15, 0.2) is 24.3 Å². The first-order valence-corrected chi connectivity index (χ1v) is 6.82. The first-order valence-electron chi connectivity index (χ1n) is 6.82. The molecule has 0 unspecified atom stereocenters. The molecule has 0 bridgehead atoms. The SMILES string of the molecule is CCCN(CC(=O)N(C)C(C)C)c1ccccc1N. The van der Waals surface area contributed by atoms with Gasteiger partial charge in [-0.15, -0.1) is 0 Å². The van der Waals surface area contributed by atoms with Gasteiger partial charge in [0.25, 0.3) is 0 Å². The lowest BCUT2D eigenvalue weighted by atomic mass is 10.2. The number of carbonyl (C=O) groups is 1. The van der Waals surface area contributed by atoms with Crippen LogP contribution in [0.1, 0.15) is 27.2 Å². The molecule has 1 amide bonds. The Bertz CT molecular complexity index is 418. The van der Waals surface area contributed by atoms with Crippen LogP contribution < -0.4 is 10.6 Å². The molecule has 19 heavy (non-hydrogen) atoms. The van der Waals surface area contributed by atoms with E-state index < -0.39 is 0 Å². The van der Waals surface area contributed by atoms with Crippen molar-refractivity contribution in [3.05, 3.63) is 24.3 Å². The quantitative estimate of drug-likeness (QED) is 0.802. The lowest BCUT2D eigenvalue weighted by molar-refractivity contribution is -0.129. The summed E-state index contributed by atoms with van der Waals surface area (Å²) in [5.74, 6) is 0.117. The Morgan fingerprint density at radius 3 is 2.47 bits per heavy atom. The van der Waals surface area contributed by atoms with Gasteiger partial charge in [-0.2, -0.15) is 0 Å². The third-order valence-corrected chi connectivity index (χ3v) is 3.27. The number of nitrogen functional groups attached to an aromatic ring is 1. The molecular formula is C15H25N3O. The van der Waals surface area contributed by atoms with E-state index in [0.717, 1.165) is 24.3 Å². The molecule has 4 heteroatoms. The van der Waals surface area contributed by atoms with Gasteiger partial charge in [-0.3, -0.25) is 4.79 Å². The molecule has 0 aliphatic rings. The molecular weight excluding hydrogens is 238 g/mol. The fraction of sp³-hybridized carbons (Fsp3) is 0.533. The number of carbonyl (C=O) groups excluding carboxylic acids is 1. The fourth-order valence-corrected chi connectivity index (χ4v) is 1.89. The molecule has 1 aromatic carbocycles. The number of likely N-dealkylation sites (N-methyl/N-ethyl adjacent to an activating group) is 1. The number of hydrogen-bond acceptors (Lipinski definition) is 3. The highest BCUT2D eigenvalue weighted by atomic mass is 16.2. The molecule has 0 radical (unpaired) electrons. The molecule has 0 saturated heterocycles. The van der Waals surface area contributed by atoms with Gasteiger partial charge in [-0.1, -0.05) is 19.1 Å². The maximum atomic E-state index is 12.2. The summed E-state index contributed by atoms with van der Waals surface area (Å²) in [6, 6.07) is 7.90. The van der Waals surface area contributed by atoms with Gasteiger partial charge in [0.1, 0.15) is 0 Å². The van der Waals surface area contributed by atoms with Crippen molar-refractivity contribution >= 4 is 17.3 Å². The number of nitrogens with zero attached hydrogens (tertiary/aromatic N) is 2. The number of rotatable bonds is 6. The zero-order valence-electron chi connectivity index (χ0n) is 12.4. The lowest BCUT2D eigenvalue weighted by Crippen LogP contribution is -2.42. The Morgan fingerprint density at radius 1 is 1.32 bits per heavy atom. The van der Waals surface area contributed by atoms with Crippen LogP contribution in [-0.4, -0.2) is 37.0 Å². The van der Waals surface area contributed by atoms with Crippen molar-refractivity contribution in [3.63, 3.8) is 0 Å². The average molecular weight is 263 g/mol. The predicted molar refractivity (Wildman–Crippen MR) is 81.3 cm³/mol. The summed E-state index contributed by atoms with van der Waals surface area (Å²) in [6.07, 6.45) is 0.979. The maximum Gasteiger partial charge on any atom is 0.242 e. The Morgan fingerprint density at radius 2 is 1.95 bits per heavy atom. The first-order chi connectivity index (χ1) is 8.97. The molecule has 0 aliphatic heterocycles. The van der Waals surface area contributed by atoms with Crippen LogP contribution in [0.25, 0.3) is 0 Å². The van der Waals surface area contributed by atoms with Crippen molar-refractivity contribution < 1.29 is 4.79 Å². The van der Waals surface area contributed by atoms with E-state index in [9.17, 15) is 4.79 Å². The standard InChI is InChI=1S/C15H25N3O/c1-5-10-18(11-15(19)17(4)12(2)3)14-9-7-6-8-13(14)16/h6-9,12H,5,10-11,16H2,1-4H3. The Kier molecular flexibility index (Phi) is 5.67. The minimum Gasteiger partial charge on any atom is -0.397 e. The summed E-state index contributed by atoms with van der Waals surface area (Å²) in [6.45, 7) is 7.32. The first kappa shape index (κ1) is 15.3. The summed E-state index contributed by atoms with van der Waals surface area (Å²) in [5.41, 5.74) is 7.65. The third-order valence-electron chi connectivity index (χ3n) is 3.27. The van der Waals surface area contributed by atoms with Crippen LogP contribution >= 0.6 is 0 Å². The molecule has 1 rings (SSSR count). The topological polar surface area (TPSA) is 49.6 Å². The molecule has 106 valence electrons. The van der Waals surface area contributed by atoms with Crippen LogP contribution in [-0.2, 0) is 4.79 Å².